The molecular weight excluding hydrogens is 248 g/mol. The molecule has 0 saturated carbocycles. The number of fused-ring (bicyclic) bond motifs is 1. The normalized spacial score (nSPS) is 16.8. The number of ketones is 1. The first-order chi connectivity index (χ1) is 8.91. The Labute approximate surface area is 109 Å². The molecular formula is C13H14N2O4. The zero-order valence-corrected chi connectivity index (χ0v) is 10.4. The molecule has 100 valence electrons. The summed E-state index contributed by atoms with van der Waals surface area (Å²) in [7, 11) is 0. The number of hydrogen-bond acceptors (Lipinski definition) is 4. The second-order valence-electron chi connectivity index (χ2n) is 4.55. The summed E-state index contributed by atoms with van der Waals surface area (Å²) in [6.07, 6.45) is 0. The van der Waals surface area contributed by atoms with E-state index in [4.69, 9.17) is 10.8 Å². The van der Waals surface area contributed by atoms with Gasteiger partial charge in [0, 0.05) is 12.1 Å². The van der Waals surface area contributed by atoms with Crippen molar-refractivity contribution in [3.8, 4) is 0 Å². The van der Waals surface area contributed by atoms with Gasteiger partial charge < -0.3 is 10.8 Å². The number of benzene rings is 1. The third kappa shape index (κ3) is 2.34. The average Bonchev–Trinajstić information content (AvgIpc) is 2.36. The maximum absolute atomic E-state index is 12.1. The maximum Gasteiger partial charge on any atom is 0.336 e. The number of primary amides is 1. The number of rotatable bonds is 3. The van der Waals surface area contributed by atoms with Gasteiger partial charge in [0.2, 0.25) is 5.91 Å². The molecule has 0 saturated heterocycles. The number of hydrogen-bond donors (Lipinski definition) is 2. The number of carbonyl (C=O) groups is 3. The van der Waals surface area contributed by atoms with Crippen molar-refractivity contribution in [3.05, 3.63) is 34.9 Å². The van der Waals surface area contributed by atoms with Crippen molar-refractivity contribution in [2.24, 2.45) is 5.73 Å². The van der Waals surface area contributed by atoms with Crippen molar-refractivity contribution in [1.82, 2.24) is 4.90 Å². The van der Waals surface area contributed by atoms with E-state index in [0.29, 0.717) is 12.1 Å². The van der Waals surface area contributed by atoms with Crippen LogP contribution in [-0.4, -0.2) is 40.3 Å². The van der Waals surface area contributed by atoms with E-state index >= 15 is 0 Å². The molecule has 1 atom stereocenters. The van der Waals surface area contributed by atoms with Gasteiger partial charge in [0.15, 0.2) is 5.78 Å². The monoisotopic (exact) mass is 262 g/mol. The Morgan fingerprint density at radius 3 is 2.63 bits per heavy atom. The largest absolute Gasteiger partial charge is 0.478 e. The summed E-state index contributed by atoms with van der Waals surface area (Å²) in [5, 5.41) is 9.08. The molecule has 0 fully saturated rings. The molecule has 0 radical (unpaired) electrons. The minimum Gasteiger partial charge on any atom is -0.478 e. The molecule has 1 aromatic rings. The number of carboxylic acids is 1. The predicted molar refractivity (Wildman–Crippen MR) is 66.8 cm³/mol. The lowest BCUT2D eigenvalue weighted by Gasteiger charge is -2.31. The number of aromatic carboxylic acids is 1. The molecule has 1 aliphatic heterocycles. The minimum atomic E-state index is -1.12. The third-order valence-electron chi connectivity index (χ3n) is 3.34. The first kappa shape index (κ1) is 13.2. The lowest BCUT2D eigenvalue weighted by Crippen LogP contribution is -2.47. The van der Waals surface area contributed by atoms with Gasteiger partial charge in [-0.15, -0.1) is 0 Å². The fourth-order valence-electron chi connectivity index (χ4n) is 2.23. The van der Waals surface area contributed by atoms with Crippen molar-refractivity contribution in [3.63, 3.8) is 0 Å². The molecule has 1 aromatic carbocycles. The van der Waals surface area contributed by atoms with Crippen LogP contribution in [0.25, 0.3) is 0 Å². The van der Waals surface area contributed by atoms with Crippen LogP contribution in [0.1, 0.15) is 33.2 Å². The zero-order valence-electron chi connectivity index (χ0n) is 10.4. The van der Waals surface area contributed by atoms with Crippen molar-refractivity contribution < 1.29 is 19.5 Å². The lowest BCUT2D eigenvalue weighted by molar-refractivity contribution is -0.122. The standard InChI is InChI=1S/C13H14N2O4/c1-7(12(14)17)15-5-8-3-2-4-9(13(18)19)11(8)10(16)6-15/h2-4,7H,5-6H2,1H3,(H2,14,17)(H,18,19)/t7-/m0/s1. The molecule has 6 heteroatoms. The van der Waals surface area contributed by atoms with Crippen LogP contribution in [-0.2, 0) is 11.3 Å². The summed E-state index contributed by atoms with van der Waals surface area (Å²) >= 11 is 0. The molecule has 0 aliphatic carbocycles. The summed E-state index contributed by atoms with van der Waals surface area (Å²) in [4.78, 5) is 36.0. The highest BCUT2D eigenvalue weighted by Gasteiger charge is 2.31. The molecule has 1 aliphatic rings. The van der Waals surface area contributed by atoms with E-state index in [1.807, 2.05) is 0 Å². The van der Waals surface area contributed by atoms with Crippen molar-refractivity contribution >= 4 is 17.7 Å². The Bertz CT molecular complexity index is 568. The molecule has 0 unspecified atom stereocenters. The van der Waals surface area contributed by atoms with Gasteiger partial charge in [-0.2, -0.15) is 0 Å². The maximum atomic E-state index is 12.1. The summed E-state index contributed by atoms with van der Waals surface area (Å²) in [5.74, 6) is -1.93. The van der Waals surface area contributed by atoms with E-state index in [-0.39, 0.29) is 23.5 Å². The van der Waals surface area contributed by atoms with Gasteiger partial charge in [-0.3, -0.25) is 14.5 Å². The van der Waals surface area contributed by atoms with Gasteiger partial charge in [0.1, 0.15) is 0 Å². The predicted octanol–water partition coefficient (Wildman–Crippen LogP) is 0.257. The Hall–Kier alpha value is -2.21. The van der Waals surface area contributed by atoms with Gasteiger partial charge >= 0.3 is 5.97 Å². The van der Waals surface area contributed by atoms with Crippen molar-refractivity contribution in [2.75, 3.05) is 6.54 Å². The molecule has 0 bridgehead atoms. The van der Waals surface area contributed by atoms with Gasteiger partial charge in [0.05, 0.1) is 18.2 Å². The Morgan fingerprint density at radius 1 is 1.37 bits per heavy atom. The van der Waals surface area contributed by atoms with E-state index in [1.54, 1.807) is 24.0 Å². The molecule has 0 aromatic heterocycles. The number of carboxylic acid groups (broad SMARTS) is 1. The number of amides is 1. The summed E-state index contributed by atoms with van der Waals surface area (Å²) in [6, 6.07) is 4.13. The highest BCUT2D eigenvalue weighted by atomic mass is 16.4. The van der Waals surface area contributed by atoms with Gasteiger partial charge in [-0.25, -0.2) is 4.79 Å². The number of nitrogens with two attached hydrogens (primary N) is 1. The SMILES string of the molecule is C[C@@H](C(N)=O)N1CC(=O)c2c(cccc2C(=O)O)C1. The molecule has 2 rings (SSSR count). The number of carbonyl (C=O) groups excluding carboxylic acids is 2. The van der Waals surface area contributed by atoms with Crippen LogP contribution in [0.15, 0.2) is 18.2 Å². The van der Waals surface area contributed by atoms with E-state index in [0.717, 1.165) is 0 Å². The second-order valence-corrected chi connectivity index (χ2v) is 4.55. The Kier molecular flexibility index (Phi) is 3.35. The van der Waals surface area contributed by atoms with E-state index < -0.39 is 17.9 Å². The van der Waals surface area contributed by atoms with Gasteiger partial charge in [-0.05, 0) is 18.6 Å². The van der Waals surface area contributed by atoms with Crippen LogP contribution < -0.4 is 5.73 Å². The van der Waals surface area contributed by atoms with Gasteiger partial charge in [-0.1, -0.05) is 12.1 Å². The molecule has 6 nitrogen and oxygen atoms in total. The van der Waals surface area contributed by atoms with E-state index in [1.165, 1.54) is 6.07 Å². The highest BCUT2D eigenvalue weighted by molar-refractivity contribution is 6.08. The molecule has 1 amide bonds. The van der Waals surface area contributed by atoms with Gasteiger partial charge in [0.25, 0.3) is 0 Å². The molecule has 19 heavy (non-hydrogen) atoms. The van der Waals surface area contributed by atoms with Crippen LogP contribution >= 0.6 is 0 Å². The zero-order chi connectivity index (χ0) is 14.2. The summed E-state index contributed by atoms with van der Waals surface area (Å²) in [5.41, 5.74) is 6.09. The van der Waals surface area contributed by atoms with Crippen molar-refractivity contribution in [2.45, 2.75) is 19.5 Å². The minimum absolute atomic E-state index is 0.00139. The van der Waals surface area contributed by atoms with Crippen LogP contribution in [0.5, 0.6) is 0 Å². The van der Waals surface area contributed by atoms with Crippen LogP contribution in [0.2, 0.25) is 0 Å². The number of nitrogens with zero attached hydrogens (tertiary/aromatic N) is 1. The second kappa shape index (κ2) is 4.81. The lowest BCUT2D eigenvalue weighted by atomic mass is 9.93. The highest BCUT2D eigenvalue weighted by Crippen LogP contribution is 2.24. The van der Waals surface area contributed by atoms with Crippen LogP contribution in [0.3, 0.4) is 0 Å². The fraction of sp³-hybridized carbons (Fsp3) is 0.308. The summed E-state index contributed by atoms with van der Waals surface area (Å²) in [6.45, 7) is 1.97. The van der Waals surface area contributed by atoms with E-state index in [2.05, 4.69) is 0 Å². The third-order valence-corrected chi connectivity index (χ3v) is 3.34. The average molecular weight is 262 g/mol. The van der Waals surface area contributed by atoms with Crippen LogP contribution in [0, 0.1) is 0 Å². The molecule has 1 heterocycles. The smallest absolute Gasteiger partial charge is 0.336 e. The van der Waals surface area contributed by atoms with Crippen molar-refractivity contribution in [1.29, 1.82) is 0 Å². The first-order valence-electron chi connectivity index (χ1n) is 5.83. The van der Waals surface area contributed by atoms with E-state index in [9.17, 15) is 14.4 Å². The summed E-state index contributed by atoms with van der Waals surface area (Å²) < 4.78 is 0. The Morgan fingerprint density at radius 2 is 2.05 bits per heavy atom. The topological polar surface area (TPSA) is 101 Å². The first-order valence-corrected chi connectivity index (χ1v) is 5.83. The quantitative estimate of drug-likeness (QED) is 0.813. The Balaban J connectivity index is 2.41. The van der Waals surface area contributed by atoms with Crippen LogP contribution in [0.4, 0.5) is 0 Å². The number of Topliss-reactive ketones (excluding diaryl/α,β-unsaturated/α-hetero) is 1. The fourth-order valence-corrected chi connectivity index (χ4v) is 2.23. The molecule has 3 N–H and O–H groups in total. The molecule has 0 spiro atoms.